The third-order valence-corrected chi connectivity index (χ3v) is 15.9. The van der Waals surface area contributed by atoms with E-state index >= 15 is 8.78 Å². The molecule has 5 aromatic rings. The Morgan fingerprint density at radius 2 is 1.59 bits per heavy atom. The quantitative estimate of drug-likeness (QED) is 0.105. The van der Waals surface area contributed by atoms with Crippen LogP contribution in [0.5, 0.6) is 0 Å². The predicted molar refractivity (Wildman–Crippen MR) is 250 cm³/mol. The number of imide groups is 1. The van der Waals surface area contributed by atoms with Gasteiger partial charge in [-0.05, 0) is 105 Å². The minimum atomic E-state index is -4.36. The number of pyridine rings is 1. The maximum Gasteiger partial charge on any atom is 0.301 e. The number of rotatable bonds is 11. The second-order valence-electron chi connectivity index (χ2n) is 18.8. The van der Waals surface area contributed by atoms with Crippen molar-refractivity contribution in [2.24, 2.45) is 5.92 Å². The van der Waals surface area contributed by atoms with E-state index in [2.05, 4.69) is 62.0 Å². The molecule has 68 heavy (non-hydrogen) atoms. The second kappa shape index (κ2) is 18.0. The molecule has 356 valence electrons. The van der Waals surface area contributed by atoms with Crippen molar-refractivity contribution >= 4 is 61.8 Å². The predicted octanol–water partition coefficient (Wildman–Crippen LogP) is 6.02. The Hall–Kier alpha value is -6.31. The summed E-state index contributed by atoms with van der Waals surface area (Å²) in [5.41, 5.74) is 3.90. The molecule has 2 aromatic heterocycles. The lowest BCUT2D eigenvalue weighted by Gasteiger charge is -2.47. The summed E-state index contributed by atoms with van der Waals surface area (Å²) in [6, 6.07) is 17.4. The number of carbonyl (C=O) groups excluding carboxylic acids is 4. The molecule has 4 saturated heterocycles. The van der Waals surface area contributed by atoms with Crippen LogP contribution in [-0.4, -0.2) is 126 Å². The van der Waals surface area contributed by atoms with E-state index in [0.717, 1.165) is 84.5 Å². The Morgan fingerprint density at radius 3 is 2.29 bits per heavy atom. The Kier molecular flexibility index (Phi) is 12.0. The number of piperidine rings is 2. The van der Waals surface area contributed by atoms with Crippen LogP contribution in [0.1, 0.15) is 77.8 Å². The van der Waals surface area contributed by atoms with Gasteiger partial charge < -0.3 is 19.7 Å². The number of aromatic nitrogens is 2. The number of halogens is 3. The van der Waals surface area contributed by atoms with E-state index in [9.17, 15) is 32.0 Å². The minimum absolute atomic E-state index is 0.00200. The molecule has 5 aliphatic heterocycles. The number of nitrogens with zero attached hydrogens (tertiary/aromatic N) is 6. The molecule has 7 heterocycles. The molecule has 3 amide bonds. The van der Waals surface area contributed by atoms with Gasteiger partial charge in [-0.3, -0.25) is 34.1 Å². The standard InChI is InChI=1S/C49H52F3N9O6S/c1-28-23-58(24-29(2)60(28)25-30-13-16-57(17-14-30)36-7-8-37-33(19-36)26-61(49(37)65)42-11-12-43(62)55-48(42)64)35-5-3-31(4-6-35)32-20-38-39(22-54-47(38)53-21-32)46(63)44-40(51)9-10-41(45(44)52)56-68(66,67)59-18-15-34(50)27-59/h3-10,19-22,28-30,34,42,56H,11-18,23-27H2,1-2H3,(H,53,54)(H,55,62,64)/t28-,29+,34-,42?/m1/s1. The van der Waals surface area contributed by atoms with E-state index in [-0.39, 0.29) is 43.3 Å². The Bertz CT molecular complexity index is 2930. The molecule has 15 nitrogen and oxygen atoms in total. The smallest absolute Gasteiger partial charge is 0.301 e. The fraction of sp³-hybridized carbons (Fsp3) is 0.408. The van der Waals surface area contributed by atoms with E-state index in [1.807, 2.05) is 29.0 Å². The summed E-state index contributed by atoms with van der Waals surface area (Å²) in [7, 11) is -4.36. The molecular formula is C49H52F3N9O6S. The summed E-state index contributed by atoms with van der Waals surface area (Å²) in [4.78, 5) is 67.6. The zero-order valence-electron chi connectivity index (χ0n) is 37.7. The highest BCUT2D eigenvalue weighted by Gasteiger charge is 2.40. The SMILES string of the molecule is C[C@@H]1CN(c2ccc(-c3cnc4[nH]cc(C(=O)c5c(F)ccc(NS(=O)(=O)N6CC[C@@H](F)C6)c5F)c4c3)cc2)C[C@H](C)N1CC1CCN(c2ccc3c(c2)CN(C2CCC(=O)NC2=O)C3=O)CC1. The average molecular weight is 952 g/mol. The van der Waals surface area contributed by atoms with Crippen molar-refractivity contribution in [1.29, 1.82) is 0 Å². The summed E-state index contributed by atoms with van der Waals surface area (Å²) >= 11 is 0. The molecule has 19 heteroatoms. The number of ketones is 1. The highest BCUT2D eigenvalue weighted by molar-refractivity contribution is 7.90. The fourth-order valence-electron chi connectivity index (χ4n) is 10.7. The third kappa shape index (κ3) is 8.59. The summed E-state index contributed by atoms with van der Waals surface area (Å²) in [6.07, 6.45) is 4.28. The average Bonchev–Trinajstić information content (AvgIpc) is 4.05. The van der Waals surface area contributed by atoms with Crippen molar-refractivity contribution < 1.29 is 40.8 Å². The van der Waals surface area contributed by atoms with Gasteiger partial charge in [0.05, 0.1) is 11.3 Å². The molecule has 1 unspecified atom stereocenters. The Morgan fingerprint density at radius 1 is 0.853 bits per heavy atom. The van der Waals surface area contributed by atoms with Crippen LogP contribution in [0.25, 0.3) is 22.2 Å². The van der Waals surface area contributed by atoms with Crippen LogP contribution in [0.3, 0.4) is 0 Å². The van der Waals surface area contributed by atoms with E-state index < -0.39 is 57.0 Å². The molecule has 0 radical (unpaired) electrons. The highest BCUT2D eigenvalue weighted by atomic mass is 32.2. The first-order valence-corrected chi connectivity index (χ1v) is 24.6. The van der Waals surface area contributed by atoms with E-state index in [1.54, 1.807) is 17.2 Å². The topological polar surface area (TPSA) is 171 Å². The number of benzene rings is 3. The molecule has 0 aliphatic carbocycles. The van der Waals surface area contributed by atoms with Crippen molar-refractivity contribution in [3.8, 4) is 11.1 Å². The molecule has 3 N–H and O–H groups in total. The van der Waals surface area contributed by atoms with Gasteiger partial charge in [-0.25, -0.2) is 18.2 Å². The summed E-state index contributed by atoms with van der Waals surface area (Å²) in [5.74, 6) is -3.89. The van der Waals surface area contributed by atoms with Gasteiger partial charge in [0, 0.05) is 117 Å². The third-order valence-electron chi connectivity index (χ3n) is 14.4. The Labute approximate surface area is 391 Å². The zero-order valence-corrected chi connectivity index (χ0v) is 38.5. The molecule has 4 atom stereocenters. The maximum atomic E-state index is 15.8. The lowest BCUT2D eigenvalue weighted by molar-refractivity contribution is -0.136. The number of nitrogens with one attached hydrogen (secondary N) is 3. The molecule has 10 rings (SSSR count). The van der Waals surface area contributed by atoms with Crippen molar-refractivity contribution in [2.45, 2.75) is 76.8 Å². The van der Waals surface area contributed by atoms with Gasteiger partial charge in [-0.15, -0.1) is 0 Å². The van der Waals surface area contributed by atoms with Gasteiger partial charge in [-0.1, -0.05) is 12.1 Å². The number of amides is 3. The number of hydrogen-bond acceptors (Lipinski definition) is 10. The monoisotopic (exact) mass is 951 g/mol. The minimum Gasteiger partial charge on any atom is -0.372 e. The first kappa shape index (κ1) is 45.5. The Balaban J connectivity index is 0.754. The number of aromatic amines is 1. The second-order valence-corrected chi connectivity index (χ2v) is 20.5. The lowest BCUT2D eigenvalue weighted by atomic mass is 9.93. The van der Waals surface area contributed by atoms with Gasteiger partial charge in [0.15, 0.2) is 5.82 Å². The number of carbonyl (C=O) groups is 4. The van der Waals surface area contributed by atoms with Gasteiger partial charge in [0.25, 0.3) is 5.91 Å². The molecule has 0 spiro atoms. The van der Waals surface area contributed by atoms with Crippen LogP contribution >= 0.6 is 0 Å². The number of alkyl halides is 1. The van der Waals surface area contributed by atoms with E-state index in [0.29, 0.717) is 53.1 Å². The highest BCUT2D eigenvalue weighted by Crippen LogP contribution is 2.35. The van der Waals surface area contributed by atoms with Crippen LogP contribution in [0.15, 0.2) is 73.1 Å². The van der Waals surface area contributed by atoms with Crippen LogP contribution in [0.2, 0.25) is 0 Å². The van der Waals surface area contributed by atoms with E-state index in [4.69, 9.17) is 0 Å². The van der Waals surface area contributed by atoms with Gasteiger partial charge in [0.2, 0.25) is 17.6 Å². The van der Waals surface area contributed by atoms with Gasteiger partial charge >= 0.3 is 10.2 Å². The molecule has 3 aromatic carbocycles. The molecule has 4 fully saturated rings. The normalized spacial score (nSPS) is 23.1. The number of H-pyrrole nitrogens is 1. The van der Waals surface area contributed by atoms with Crippen molar-refractivity contribution in [3.05, 3.63) is 107 Å². The van der Waals surface area contributed by atoms with Crippen molar-refractivity contribution in [2.75, 3.05) is 60.3 Å². The largest absolute Gasteiger partial charge is 0.372 e. The van der Waals surface area contributed by atoms with Crippen molar-refractivity contribution in [1.82, 2.24) is 29.4 Å². The van der Waals surface area contributed by atoms with Gasteiger partial charge in [0.1, 0.15) is 23.7 Å². The maximum absolute atomic E-state index is 15.8. The molecule has 0 bridgehead atoms. The summed E-state index contributed by atoms with van der Waals surface area (Å²) < 4.78 is 73.3. The summed E-state index contributed by atoms with van der Waals surface area (Å²) in [5, 5.41) is 2.70. The molecule has 0 saturated carbocycles. The van der Waals surface area contributed by atoms with Gasteiger partial charge in [-0.2, -0.15) is 12.7 Å². The van der Waals surface area contributed by atoms with Crippen LogP contribution in [0.4, 0.5) is 30.2 Å². The first-order chi connectivity index (χ1) is 32.6. The zero-order chi connectivity index (χ0) is 47.6. The number of hydrogen-bond donors (Lipinski definition) is 3. The molecule has 5 aliphatic rings. The van der Waals surface area contributed by atoms with Crippen LogP contribution in [0, 0.1) is 17.6 Å². The number of piperazine rings is 1. The first-order valence-electron chi connectivity index (χ1n) is 23.2. The number of anilines is 3. The van der Waals surface area contributed by atoms with Crippen LogP contribution in [-0.2, 0) is 26.3 Å². The van der Waals surface area contributed by atoms with Crippen LogP contribution < -0.4 is 19.8 Å². The lowest BCUT2D eigenvalue weighted by Crippen LogP contribution is -2.58. The van der Waals surface area contributed by atoms with Crippen molar-refractivity contribution in [3.63, 3.8) is 0 Å². The number of fused-ring (bicyclic) bond motifs is 2. The summed E-state index contributed by atoms with van der Waals surface area (Å²) in [6.45, 7) is 8.95. The fourth-order valence-corrected chi connectivity index (χ4v) is 11.9. The van der Waals surface area contributed by atoms with E-state index in [1.165, 1.54) is 6.20 Å². The molecular weight excluding hydrogens is 900 g/mol.